The first-order valence-corrected chi connectivity index (χ1v) is 8.19. The Morgan fingerprint density at radius 2 is 1.81 bits per heavy atom. The highest BCUT2D eigenvalue weighted by Crippen LogP contribution is 2.27. The Labute approximate surface area is 129 Å². The van der Waals surface area contributed by atoms with Crippen LogP contribution in [0.2, 0.25) is 0 Å². The zero-order valence-corrected chi connectivity index (χ0v) is 13.6. The smallest absolute Gasteiger partial charge is 0.0445 e. The summed E-state index contributed by atoms with van der Waals surface area (Å²) in [6, 6.07) is 15.3. The van der Waals surface area contributed by atoms with E-state index in [0.29, 0.717) is 5.92 Å². The van der Waals surface area contributed by atoms with Gasteiger partial charge in [-0.3, -0.25) is 0 Å². The van der Waals surface area contributed by atoms with Gasteiger partial charge in [0.05, 0.1) is 0 Å². The number of hydrogen-bond acceptors (Lipinski definition) is 2. The second-order valence-corrected chi connectivity index (χ2v) is 5.85. The van der Waals surface area contributed by atoms with Crippen LogP contribution in [0.15, 0.2) is 42.5 Å². The molecule has 0 aliphatic heterocycles. The number of rotatable bonds is 8. The van der Waals surface area contributed by atoms with Crippen LogP contribution >= 0.6 is 0 Å². The van der Waals surface area contributed by atoms with Gasteiger partial charge in [0, 0.05) is 24.2 Å². The summed E-state index contributed by atoms with van der Waals surface area (Å²) < 4.78 is 0. The summed E-state index contributed by atoms with van der Waals surface area (Å²) >= 11 is 0. The molecule has 0 fully saturated rings. The van der Waals surface area contributed by atoms with Gasteiger partial charge in [0.1, 0.15) is 0 Å². The second kappa shape index (κ2) is 8.04. The van der Waals surface area contributed by atoms with Gasteiger partial charge in [-0.2, -0.15) is 0 Å². The molecule has 0 aliphatic rings. The molecule has 2 rings (SSSR count). The van der Waals surface area contributed by atoms with E-state index in [-0.39, 0.29) is 0 Å². The van der Waals surface area contributed by atoms with E-state index in [0.717, 1.165) is 26.2 Å². The van der Waals surface area contributed by atoms with E-state index in [1.165, 1.54) is 22.9 Å². The zero-order valence-electron chi connectivity index (χ0n) is 13.6. The summed E-state index contributed by atoms with van der Waals surface area (Å²) in [4.78, 5) is 2.50. The molecule has 0 aliphatic carbocycles. The van der Waals surface area contributed by atoms with E-state index < -0.39 is 0 Å². The third-order valence-corrected chi connectivity index (χ3v) is 3.94. The maximum Gasteiger partial charge on any atom is 0.0445 e. The van der Waals surface area contributed by atoms with Crippen LogP contribution in [0.25, 0.3) is 10.8 Å². The lowest BCUT2D eigenvalue weighted by atomic mass is 10.1. The molecule has 0 bridgehead atoms. The number of fused-ring (bicyclic) bond motifs is 1. The lowest BCUT2D eigenvalue weighted by Crippen LogP contribution is -2.33. The van der Waals surface area contributed by atoms with Crippen LogP contribution in [0.1, 0.15) is 27.2 Å². The van der Waals surface area contributed by atoms with Gasteiger partial charge >= 0.3 is 0 Å². The van der Waals surface area contributed by atoms with E-state index in [2.05, 4.69) is 73.5 Å². The molecule has 21 heavy (non-hydrogen) atoms. The van der Waals surface area contributed by atoms with Crippen LogP contribution in [0.3, 0.4) is 0 Å². The van der Waals surface area contributed by atoms with Crippen molar-refractivity contribution in [1.29, 1.82) is 0 Å². The molecular weight excluding hydrogens is 256 g/mol. The summed E-state index contributed by atoms with van der Waals surface area (Å²) in [5, 5.41) is 6.21. The van der Waals surface area contributed by atoms with Crippen molar-refractivity contribution in [3.05, 3.63) is 42.5 Å². The van der Waals surface area contributed by atoms with Gasteiger partial charge in [0.15, 0.2) is 0 Å². The fraction of sp³-hybridized carbons (Fsp3) is 0.474. The maximum absolute atomic E-state index is 3.53. The van der Waals surface area contributed by atoms with E-state index in [9.17, 15) is 0 Å². The van der Waals surface area contributed by atoms with E-state index in [1.807, 2.05) is 0 Å². The second-order valence-electron chi connectivity index (χ2n) is 5.85. The summed E-state index contributed by atoms with van der Waals surface area (Å²) in [6.07, 6.45) is 1.20. The number of nitrogens with one attached hydrogen (secondary N) is 1. The Kier molecular flexibility index (Phi) is 6.06. The molecule has 2 nitrogen and oxygen atoms in total. The minimum absolute atomic E-state index is 0.649. The van der Waals surface area contributed by atoms with Crippen molar-refractivity contribution in [3.63, 3.8) is 0 Å². The van der Waals surface area contributed by atoms with E-state index >= 15 is 0 Å². The normalized spacial score (nSPS) is 12.5. The SMILES string of the molecule is CCCNCC(C)CN(CC)c1cccc2ccccc12. The quantitative estimate of drug-likeness (QED) is 0.727. The molecule has 0 spiro atoms. The maximum atomic E-state index is 3.53. The van der Waals surface area contributed by atoms with Crippen molar-refractivity contribution in [3.8, 4) is 0 Å². The van der Waals surface area contributed by atoms with E-state index in [4.69, 9.17) is 0 Å². The van der Waals surface area contributed by atoms with Gasteiger partial charge in [-0.1, -0.05) is 50.2 Å². The first kappa shape index (κ1) is 15.8. The van der Waals surface area contributed by atoms with E-state index in [1.54, 1.807) is 0 Å². The topological polar surface area (TPSA) is 15.3 Å². The molecule has 0 aromatic heterocycles. The molecule has 1 atom stereocenters. The number of hydrogen-bond donors (Lipinski definition) is 1. The summed E-state index contributed by atoms with van der Waals surface area (Å²) in [5.74, 6) is 0.649. The molecule has 0 heterocycles. The molecule has 2 heteroatoms. The molecule has 0 radical (unpaired) electrons. The molecule has 0 saturated carbocycles. The molecule has 1 unspecified atom stereocenters. The third-order valence-electron chi connectivity index (χ3n) is 3.94. The Morgan fingerprint density at radius 1 is 1.05 bits per heavy atom. The van der Waals surface area contributed by atoms with Crippen LogP contribution in [0, 0.1) is 5.92 Å². The average Bonchev–Trinajstić information content (AvgIpc) is 2.52. The molecule has 2 aromatic carbocycles. The van der Waals surface area contributed by atoms with Crippen LogP contribution in [0.5, 0.6) is 0 Å². The lowest BCUT2D eigenvalue weighted by Gasteiger charge is -2.28. The summed E-state index contributed by atoms with van der Waals surface area (Å²) in [5.41, 5.74) is 1.36. The predicted octanol–water partition coefficient (Wildman–Crippen LogP) is 4.30. The first-order chi connectivity index (χ1) is 10.3. The van der Waals surface area contributed by atoms with Gasteiger partial charge in [0.2, 0.25) is 0 Å². The van der Waals surface area contributed by atoms with Crippen LogP contribution in [-0.4, -0.2) is 26.2 Å². The van der Waals surface area contributed by atoms with Gasteiger partial charge in [-0.25, -0.2) is 0 Å². The highest BCUT2D eigenvalue weighted by Gasteiger charge is 2.11. The minimum atomic E-state index is 0.649. The van der Waals surface area contributed by atoms with Crippen molar-refractivity contribution < 1.29 is 0 Å². The standard InChI is InChI=1S/C19H28N2/c1-4-13-20-14-16(3)15-21(5-2)19-12-8-10-17-9-6-7-11-18(17)19/h6-12,16,20H,4-5,13-15H2,1-3H3. The lowest BCUT2D eigenvalue weighted by molar-refractivity contribution is 0.506. The predicted molar refractivity (Wildman–Crippen MR) is 94.2 cm³/mol. The largest absolute Gasteiger partial charge is 0.371 e. The highest BCUT2D eigenvalue weighted by molar-refractivity contribution is 5.94. The third kappa shape index (κ3) is 4.21. The van der Waals surface area contributed by atoms with Gasteiger partial charge in [-0.15, -0.1) is 0 Å². The van der Waals surface area contributed by atoms with Crippen molar-refractivity contribution in [2.24, 2.45) is 5.92 Å². The summed E-state index contributed by atoms with van der Waals surface area (Å²) in [7, 11) is 0. The van der Waals surface area contributed by atoms with Crippen molar-refractivity contribution in [2.45, 2.75) is 27.2 Å². The Bertz CT molecular complexity index is 545. The first-order valence-electron chi connectivity index (χ1n) is 8.19. The number of benzene rings is 2. The van der Waals surface area contributed by atoms with Gasteiger partial charge in [-0.05, 0) is 43.8 Å². The molecule has 114 valence electrons. The highest BCUT2D eigenvalue weighted by atomic mass is 15.1. The fourth-order valence-corrected chi connectivity index (χ4v) is 2.85. The monoisotopic (exact) mass is 284 g/mol. The molecule has 0 saturated heterocycles. The minimum Gasteiger partial charge on any atom is -0.371 e. The van der Waals surface area contributed by atoms with Crippen LogP contribution in [0.4, 0.5) is 5.69 Å². The van der Waals surface area contributed by atoms with Crippen LogP contribution < -0.4 is 10.2 Å². The van der Waals surface area contributed by atoms with Crippen LogP contribution in [-0.2, 0) is 0 Å². The van der Waals surface area contributed by atoms with Crippen molar-refractivity contribution >= 4 is 16.5 Å². The molecular formula is C19H28N2. The Balaban J connectivity index is 2.12. The molecule has 0 amide bonds. The summed E-state index contributed by atoms with van der Waals surface area (Å²) in [6.45, 7) is 11.1. The number of anilines is 1. The zero-order chi connectivity index (χ0) is 15.1. The number of nitrogens with zero attached hydrogens (tertiary/aromatic N) is 1. The molecule has 2 aromatic rings. The fourth-order valence-electron chi connectivity index (χ4n) is 2.85. The van der Waals surface area contributed by atoms with Crippen molar-refractivity contribution in [1.82, 2.24) is 5.32 Å². The van der Waals surface area contributed by atoms with Gasteiger partial charge < -0.3 is 10.2 Å². The average molecular weight is 284 g/mol. The van der Waals surface area contributed by atoms with Crippen molar-refractivity contribution in [2.75, 3.05) is 31.1 Å². The Morgan fingerprint density at radius 3 is 2.57 bits per heavy atom. The molecule has 1 N–H and O–H groups in total. The Hall–Kier alpha value is -1.54. The van der Waals surface area contributed by atoms with Gasteiger partial charge in [0.25, 0.3) is 0 Å².